The first kappa shape index (κ1) is 8.70. The third-order valence-corrected chi connectivity index (χ3v) is 1.49. The van der Waals surface area contributed by atoms with Crippen molar-refractivity contribution in [2.75, 3.05) is 6.61 Å². The Balaban J connectivity index is 3.04. The Morgan fingerprint density at radius 2 is 2.22 bits per heavy atom. The molecule has 9 heavy (non-hydrogen) atoms. The lowest BCUT2D eigenvalue weighted by Gasteiger charge is -2.05. The van der Waals surface area contributed by atoms with E-state index in [1.807, 2.05) is 6.08 Å². The summed E-state index contributed by atoms with van der Waals surface area (Å²) >= 11 is 0. The smallest absolute Gasteiger partial charge is 0.0433 e. The van der Waals surface area contributed by atoms with Crippen molar-refractivity contribution < 1.29 is 5.11 Å². The lowest BCUT2D eigenvalue weighted by molar-refractivity contribution is 0.259. The Morgan fingerprint density at radius 1 is 1.56 bits per heavy atom. The molecule has 0 spiro atoms. The second-order valence-electron chi connectivity index (χ2n) is 2.48. The van der Waals surface area contributed by atoms with Crippen LogP contribution in [0.4, 0.5) is 0 Å². The van der Waals surface area contributed by atoms with Crippen molar-refractivity contribution in [3.05, 3.63) is 12.7 Å². The molecule has 1 heteroatoms. The largest absolute Gasteiger partial charge is 0.396 e. The van der Waals surface area contributed by atoms with Crippen LogP contribution in [0.3, 0.4) is 0 Å². The van der Waals surface area contributed by atoms with Gasteiger partial charge >= 0.3 is 0 Å². The molecule has 0 aliphatic carbocycles. The SMILES string of the molecule is C=CCC[C@@H](C)CCO. The highest BCUT2D eigenvalue weighted by molar-refractivity contribution is 4.67. The van der Waals surface area contributed by atoms with Gasteiger partial charge in [0.25, 0.3) is 0 Å². The fourth-order valence-corrected chi connectivity index (χ4v) is 0.767. The fraction of sp³-hybridized carbons (Fsp3) is 0.750. The molecule has 1 nitrogen and oxygen atoms in total. The number of allylic oxidation sites excluding steroid dienone is 1. The monoisotopic (exact) mass is 128 g/mol. The van der Waals surface area contributed by atoms with Gasteiger partial charge in [0.05, 0.1) is 0 Å². The van der Waals surface area contributed by atoms with Gasteiger partial charge < -0.3 is 5.11 Å². The fourth-order valence-electron chi connectivity index (χ4n) is 0.767. The van der Waals surface area contributed by atoms with Crippen molar-refractivity contribution >= 4 is 0 Å². The van der Waals surface area contributed by atoms with Gasteiger partial charge in [0, 0.05) is 6.61 Å². The minimum absolute atomic E-state index is 0.318. The lowest BCUT2D eigenvalue weighted by atomic mass is 10.0. The van der Waals surface area contributed by atoms with Crippen LogP contribution >= 0.6 is 0 Å². The van der Waals surface area contributed by atoms with Gasteiger partial charge in [-0.25, -0.2) is 0 Å². The molecule has 0 saturated carbocycles. The Bertz CT molecular complexity index is 69.0. The standard InChI is InChI=1S/C8H16O/c1-3-4-5-8(2)6-7-9/h3,8-9H,1,4-7H2,2H3/t8-/m1/s1. The lowest BCUT2D eigenvalue weighted by Crippen LogP contribution is -1.96. The molecule has 0 heterocycles. The summed E-state index contributed by atoms with van der Waals surface area (Å²) in [4.78, 5) is 0. The normalized spacial score (nSPS) is 13.1. The van der Waals surface area contributed by atoms with Crippen molar-refractivity contribution in [3.8, 4) is 0 Å². The summed E-state index contributed by atoms with van der Waals surface area (Å²) in [6.45, 7) is 6.10. The maximum Gasteiger partial charge on any atom is 0.0433 e. The second kappa shape index (κ2) is 5.83. The molecule has 0 radical (unpaired) electrons. The Kier molecular flexibility index (Phi) is 5.64. The summed E-state index contributed by atoms with van der Waals surface area (Å²) in [6, 6.07) is 0. The molecule has 0 rings (SSSR count). The Morgan fingerprint density at radius 3 is 2.67 bits per heavy atom. The molecule has 0 aliphatic heterocycles. The van der Waals surface area contributed by atoms with E-state index in [4.69, 9.17) is 5.11 Å². The average Bonchev–Trinajstić information content (AvgIpc) is 1.85. The second-order valence-corrected chi connectivity index (χ2v) is 2.48. The van der Waals surface area contributed by atoms with E-state index in [1.54, 1.807) is 0 Å². The molecule has 0 aromatic heterocycles. The van der Waals surface area contributed by atoms with Gasteiger partial charge in [-0.3, -0.25) is 0 Å². The van der Waals surface area contributed by atoms with Gasteiger partial charge in [0.2, 0.25) is 0 Å². The molecule has 0 bridgehead atoms. The van der Waals surface area contributed by atoms with Crippen molar-refractivity contribution in [3.63, 3.8) is 0 Å². The van der Waals surface area contributed by atoms with Crippen LogP contribution in [0.15, 0.2) is 12.7 Å². The Hall–Kier alpha value is -0.300. The summed E-state index contributed by atoms with van der Waals surface area (Å²) in [5.74, 6) is 0.646. The van der Waals surface area contributed by atoms with Crippen molar-refractivity contribution in [2.24, 2.45) is 5.92 Å². The summed E-state index contributed by atoms with van der Waals surface area (Å²) < 4.78 is 0. The van der Waals surface area contributed by atoms with E-state index in [0.717, 1.165) is 19.3 Å². The van der Waals surface area contributed by atoms with Gasteiger partial charge in [-0.2, -0.15) is 0 Å². The molecule has 54 valence electrons. The van der Waals surface area contributed by atoms with Gasteiger partial charge in [-0.15, -0.1) is 6.58 Å². The van der Waals surface area contributed by atoms with Crippen molar-refractivity contribution in [1.82, 2.24) is 0 Å². The molecule has 0 saturated heterocycles. The van der Waals surface area contributed by atoms with Crippen LogP contribution in [0.25, 0.3) is 0 Å². The molecule has 0 unspecified atom stereocenters. The van der Waals surface area contributed by atoms with Crippen LogP contribution in [0.2, 0.25) is 0 Å². The third-order valence-electron chi connectivity index (χ3n) is 1.49. The van der Waals surface area contributed by atoms with E-state index in [-0.39, 0.29) is 0 Å². The highest BCUT2D eigenvalue weighted by atomic mass is 16.2. The van der Waals surface area contributed by atoms with Gasteiger partial charge in [-0.05, 0) is 25.2 Å². The Labute approximate surface area is 57.4 Å². The summed E-state index contributed by atoms with van der Waals surface area (Å²) in [7, 11) is 0. The molecule has 0 fully saturated rings. The first-order chi connectivity index (χ1) is 4.31. The van der Waals surface area contributed by atoms with E-state index in [0.29, 0.717) is 12.5 Å². The molecular formula is C8H16O. The van der Waals surface area contributed by atoms with Crippen LogP contribution in [0.1, 0.15) is 26.2 Å². The molecule has 0 aromatic rings. The maximum absolute atomic E-state index is 8.51. The number of hydrogen-bond donors (Lipinski definition) is 1. The molecule has 1 N–H and O–H groups in total. The van der Waals surface area contributed by atoms with Gasteiger partial charge in [-0.1, -0.05) is 13.0 Å². The molecule has 1 atom stereocenters. The highest BCUT2D eigenvalue weighted by Gasteiger charge is 1.97. The average molecular weight is 128 g/mol. The molecular weight excluding hydrogens is 112 g/mol. The zero-order valence-electron chi connectivity index (χ0n) is 6.14. The summed E-state index contributed by atoms with van der Waals surface area (Å²) in [5, 5.41) is 8.51. The minimum Gasteiger partial charge on any atom is -0.396 e. The van der Waals surface area contributed by atoms with Crippen LogP contribution in [-0.4, -0.2) is 11.7 Å². The van der Waals surface area contributed by atoms with E-state index >= 15 is 0 Å². The van der Waals surface area contributed by atoms with E-state index in [9.17, 15) is 0 Å². The topological polar surface area (TPSA) is 20.2 Å². The summed E-state index contributed by atoms with van der Waals surface area (Å²) in [6.07, 6.45) is 5.08. The quantitative estimate of drug-likeness (QED) is 0.561. The summed E-state index contributed by atoms with van der Waals surface area (Å²) in [5.41, 5.74) is 0. The van der Waals surface area contributed by atoms with Crippen molar-refractivity contribution in [2.45, 2.75) is 26.2 Å². The van der Waals surface area contributed by atoms with E-state index in [2.05, 4.69) is 13.5 Å². The van der Waals surface area contributed by atoms with Gasteiger partial charge in [0.1, 0.15) is 0 Å². The number of aliphatic hydroxyl groups is 1. The zero-order chi connectivity index (χ0) is 7.11. The molecule has 0 amide bonds. The molecule has 0 aromatic carbocycles. The predicted octanol–water partition coefficient (Wildman–Crippen LogP) is 1.97. The van der Waals surface area contributed by atoms with E-state index in [1.165, 1.54) is 0 Å². The third kappa shape index (κ3) is 5.57. The van der Waals surface area contributed by atoms with Crippen LogP contribution in [0, 0.1) is 5.92 Å². The zero-order valence-corrected chi connectivity index (χ0v) is 6.14. The maximum atomic E-state index is 8.51. The number of aliphatic hydroxyl groups excluding tert-OH is 1. The van der Waals surface area contributed by atoms with Crippen LogP contribution in [0.5, 0.6) is 0 Å². The van der Waals surface area contributed by atoms with Gasteiger partial charge in [0.15, 0.2) is 0 Å². The minimum atomic E-state index is 0.318. The van der Waals surface area contributed by atoms with Crippen LogP contribution in [-0.2, 0) is 0 Å². The first-order valence-corrected chi connectivity index (χ1v) is 3.53. The molecule has 0 aliphatic rings. The van der Waals surface area contributed by atoms with Crippen molar-refractivity contribution in [1.29, 1.82) is 0 Å². The first-order valence-electron chi connectivity index (χ1n) is 3.53. The predicted molar refractivity (Wildman–Crippen MR) is 40.3 cm³/mol. The number of rotatable bonds is 5. The van der Waals surface area contributed by atoms with Crippen LogP contribution < -0.4 is 0 Å². The number of hydrogen-bond acceptors (Lipinski definition) is 1. The highest BCUT2D eigenvalue weighted by Crippen LogP contribution is 2.08. The van der Waals surface area contributed by atoms with E-state index < -0.39 is 0 Å².